The summed E-state index contributed by atoms with van der Waals surface area (Å²) in [7, 11) is -0.671. The number of benzene rings is 1. The molecule has 10 heteroatoms. The van der Waals surface area contributed by atoms with Crippen LogP contribution in [0.15, 0.2) is 41.8 Å². The average Bonchev–Trinajstić information content (AvgIpc) is 3.12. The summed E-state index contributed by atoms with van der Waals surface area (Å²) in [6.45, 7) is 0.298. The Hall–Kier alpha value is -2.72. The van der Waals surface area contributed by atoms with Crippen molar-refractivity contribution in [1.29, 1.82) is 0 Å². The molecule has 0 unspecified atom stereocenters. The number of aromatic nitrogens is 4. The van der Waals surface area contributed by atoms with Gasteiger partial charge in [-0.25, -0.2) is 22.6 Å². The molecule has 2 aromatic heterocycles. The van der Waals surface area contributed by atoms with Gasteiger partial charge in [0.25, 0.3) is 5.78 Å². The fraction of sp³-hybridized carbons (Fsp3) is 0.312. The lowest BCUT2D eigenvalue weighted by Gasteiger charge is -2.11. The van der Waals surface area contributed by atoms with Gasteiger partial charge in [0.15, 0.2) is 11.5 Å². The molecule has 0 saturated heterocycles. The van der Waals surface area contributed by atoms with Crippen LogP contribution in [-0.2, 0) is 16.4 Å². The molecule has 1 N–H and O–H groups in total. The molecule has 3 rings (SSSR count). The molecule has 0 aliphatic rings. The van der Waals surface area contributed by atoms with Crippen molar-refractivity contribution in [2.24, 2.45) is 0 Å². The Morgan fingerprint density at radius 3 is 2.73 bits per heavy atom. The van der Waals surface area contributed by atoms with E-state index in [2.05, 4.69) is 19.8 Å². The summed E-state index contributed by atoms with van der Waals surface area (Å²) in [6.07, 6.45) is 6.26. The Morgan fingerprint density at radius 1 is 1.15 bits per heavy atom. The highest BCUT2D eigenvalue weighted by Crippen LogP contribution is 2.29. The number of nitrogens with zero attached hydrogens (tertiary/aromatic N) is 4. The van der Waals surface area contributed by atoms with Crippen molar-refractivity contribution in [1.82, 2.24) is 24.3 Å². The number of hydrogen-bond donors (Lipinski definition) is 1. The van der Waals surface area contributed by atoms with Gasteiger partial charge in [0.05, 0.1) is 19.1 Å². The molecule has 0 radical (unpaired) electrons. The number of hydrogen-bond acceptors (Lipinski definition) is 7. The first-order chi connectivity index (χ1) is 12.5. The Kier molecular flexibility index (Phi) is 5.33. The highest BCUT2D eigenvalue weighted by Gasteiger charge is 2.16. The standard InChI is InChI=1S/C16H19N5O4S/c1-24-14-6-5-13(8-15(14)25-2)26(22,23)20-7-3-4-12-9-17-16-18-11-19-21(16)10-12/h5-6,8-11,20H,3-4,7H2,1-2H3. The van der Waals surface area contributed by atoms with Crippen molar-refractivity contribution in [2.75, 3.05) is 20.8 Å². The fourth-order valence-corrected chi connectivity index (χ4v) is 3.54. The van der Waals surface area contributed by atoms with Crippen molar-refractivity contribution < 1.29 is 17.9 Å². The molecular formula is C16H19N5O4S. The zero-order valence-corrected chi connectivity index (χ0v) is 15.2. The zero-order valence-electron chi connectivity index (χ0n) is 14.4. The van der Waals surface area contributed by atoms with Crippen LogP contribution in [0.3, 0.4) is 0 Å². The number of methoxy groups -OCH3 is 2. The van der Waals surface area contributed by atoms with Crippen LogP contribution in [0.2, 0.25) is 0 Å². The number of fused-ring (bicyclic) bond motifs is 1. The molecule has 0 spiro atoms. The second kappa shape index (κ2) is 7.67. The van der Waals surface area contributed by atoms with Crippen LogP contribution in [0.1, 0.15) is 12.0 Å². The summed E-state index contributed by atoms with van der Waals surface area (Å²) in [5.41, 5.74) is 0.952. The molecule has 0 aliphatic carbocycles. The van der Waals surface area contributed by atoms with E-state index in [1.165, 1.54) is 32.7 Å². The Bertz CT molecular complexity index is 1000. The molecule has 1 aromatic carbocycles. The second-order valence-electron chi connectivity index (χ2n) is 5.48. The predicted molar refractivity (Wildman–Crippen MR) is 93.8 cm³/mol. The molecule has 138 valence electrons. The van der Waals surface area contributed by atoms with Crippen LogP contribution < -0.4 is 14.2 Å². The summed E-state index contributed by atoms with van der Waals surface area (Å²) in [6, 6.07) is 4.47. The lowest BCUT2D eigenvalue weighted by Crippen LogP contribution is -2.25. The van der Waals surface area contributed by atoms with E-state index in [9.17, 15) is 8.42 Å². The third-order valence-corrected chi connectivity index (χ3v) is 5.25. The summed E-state index contributed by atoms with van der Waals surface area (Å²) < 4.78 is 39.3. The van der Waals surface area contributed by atoms with E-state index in [0.29, 0.717) is 36.7 Å². The highest BCUT2D eigenvalue weighted by molar-refractivity contribution is 7.89. The molecule has 0 bridgehead atoms. The molecular weight excluding hydrogens is 358 g/mol. The molecule has 0 aliphatic heterocycles. The maximum atomic E-state index is 12.4. The molecule has 0 atom stereocenters. The van der Waals surface area contributed by atoms with E-state index in [1.54, 1.807) is 16.8 Å². The number of aryl methyl sites for hydroxylation is 1. The number of sulfonamides is 1. The first kappa shape index (κ1) is 18.1. The summed E-state index contributed by atoms with van der Waals surface area (Å²) in [5, 5.41) is 4.03. The lowest BCUT2D eigenvalue weighted by molar-refractivity contribution is 0.354. The number of nitrogens with one attached hydrogen (secondary N) is 1. The maximum absolute atomic E-state index is 12.4. The van der Waals surface area contributed by atoms with Crippen LogP contribution in [-0.4, -0.2) is 48.8 Å². The molecule has 26 heavy (non-hydrogen) atoms. The van der Waals surface area contributed by atoms with Gasteiger partial charge in [0, 0.05) is 25.0 Å². The summed E-state index contributed by atoms with van der Waals surface area (Å²) in [4.78, 5) is 8.28. The van der Waals surface area contributed by atoms with Gasteiger partial charge in [-0.3, -0.25) is 0 Å². The van der Waals surface area contributed by atoms with Gasteiger partial charge in [-0.1, -0.05) is 0 Å². The molecule has 0 amide bonds. The maximum Gasteiger partial charge on any atom is 0.252 e. The van der Waals surface area contributed by atoms with Gasteiger partial charge >= 0.3 is 0 Å². The molecule has 2 heterocycles. The second-order valence-corrected chi connectivity index (χ2v) is 7.25. The normalized spacial score (nSPS) is 11.6. The largest absolute Gasteiger partial charge is 0.493 e. The van der Waals surface area contributed by atoms with Crippen molar-refractivity contribution >= 4 is 15.8 Å². The number of rotatable bonds is 8. The van der Waals surface area contributed by atoms with Gasteiger partial charge in [-0.15, -0.1) is 0 Å². The third-order valence-electron chi connectivity index (χ3n) is 3.79. The Balaban J connectivity index is 1.59. The average molecular weight is 377 g/mol. The fourth-order valence-electron chi connectivity index (χ4n) is 2.45. The first-order valence-corrected chi connectivity index (χ1v) is 9.38. The lowest BCUT2D eigenvalue weighted by atomic mass is 10.2. The Morgan fingerprint density at radius 2 is 1.96 bits per heavy atom. The van der Waals surface area contributed by atoms with Crippen LogP contribution in [0.4, 0.5) is 0 Å². The summed E-state index contributed by atoms with van der Waals surface area (Å²) in [5.74, 6) is 1.37. The van der Waals surface area contributed by atoms with Crippen molar-refractivity contribution in [3.05, 3.63) is 42.5 Å². The Labute approximate surface area is 151 Å². The van der Waals surface area contributed by atoms with E-state index < -0.39 is 10.0 Å². The summed E-state index contributed by atoms with van der Waals surface area (Å²) >= 11 is 0. The molecule has 9 nitrogen and oxygen atoms in total. The highest BCUT2D eigenvalue weighted by atomic mass is 32.2. The monoisotopic (exact) mass is 377 g/mol. The van der Waals surface area contributed by atoms with Crippen molar-refractivity contribution in [2.45, 2.75) is 17.7 Å². The zero-order chi connectivity index (χ0) is 18.6. The minimum absolute atomic E-state index is 0.126. The number of ether oxygens (including phenoxy) is 2. The van der Waals surface area contributed by atoms with E-state index in [1.807, 2.05) is 6.20 Å². The van der Waals surface area contributed by atoms with E-state index in [0.717, 1.165) is 5.56 Å². The van der Waals surface area contributed by atoms with Gasteiger partial charge in [0.1, 0.15) is 6.33 Å². The van der Waals surface area contributed by atoms with E-state index >= 15 is 0 Å². The minimum Gasteiger partial charge on any atom is -0.493 e. The van der Waals surface area contributed by atoms with Crippen LogP contribution in [0.25, 0.3) is 5.78 Å². The predicted octanol–water partition coefficient (Wildman–Crippen LogP) is 1.05. The quantitative estimate of drug-likeness (QED) is 0.585. The van der Waals surface area contributed by atoms with Gasteiger partial charge in [0.2, 0.25) is 10.0 Å². The van der Waals surface area contributed by atoms with Crippen molar-refractivity contribution in [3.8, 4) is 11.5 Å². The minimum atomic E-state index is -3.63. The SMILES string of the molecule is COc1ccc(S(=O)(=O)NCCCc2cnc3ncnn3c2)cc1OC. The smallest absolute Gasteiger partial charge is 0.252 e. The van der Waals surface area contributed by atoms with Crippen LogP contribution in [0.5, 0.6) is 11.5 Å². The van der Waals surface area contributed by atoms with Gasteiger partial charge < -0.3 is 9.47 Å². The topological polar surface area (TPSA) is 108 Å². The van der Waals surface area contributed by atoms with Crippen LogP contribution >= 0.6 is 0 Å². The third kappa shape index (κ3) is 3.92. The van der Waals surface area contributed by atoms with Gasteiger partial charge in [-0.2, -0.15) is 10.1 Å². The van der Waals surface area contributed by atoms with E-state index in [-0.39, 0.29) is 4.90 Å². The molecule has 0 fully saturated rings. The molecule has 3 aromatic rings. The van der Waals surface area contributed by atoms with Gasteiger partial charge in [-0.05, 0) is 30.5 Å². The first-order valence-electron chi connectivity index (χ1n) is 7.89. The molecule has 0 saturated carbocycles. The van der Waals surface area contributed by atoms with Crippen LogP contribution in [0, 0.1) is 0 Å². The van der Waals surface area contributed by atoms with E-state index in [4.69, 9.17) is 9.47 Å². The van der Waals surface area contributed by atoms with Crippen molar-refractivity contribution in [3.63, 3.8) is 0 Å².